The van der Waals surface area contributed by atoms with E-state index in [0.717, 1.165) is 27.1 Å². The van der Waals surface area contributed by atoms with Crippen molar-refractivity contribution in [3.63, 3.8) is 0 Å². The molecule has 1 aliphatic heterocycles. The summed E-state index contributed by atoms with van der Waals surface area (Å²) >= 11 is 1.37. The Morgan fingerprint density at radius 2 is 2.03 bits per heavy atom. The molecule has 0 aliphatic carbocycles. The molecule has 0 saturated carbocycles. The van der Waals surface area contributed by atoms with Crippen LogP contribution in [0.25, 0.3) is 26.1 Å². The van der Waals surface area contributed by atoms with Gasteiger partial charge in [-0.2, -0.15) is 0 Å². The summed E-state index contributed by atoms with van der Waals surface area (Å²) in [5.41, 5.74) is 1.58. The molecule has 0 bridgehead atoms. The van der Waals surface area contributed by atoms with E-state index in [1.165, 1.54) is 22.5 Å². The first-order valence-electron chi connectivity index (χ1n) is 10.3. The zero-order valence-corrected chi connectivity index (χ0v) is 18.0. The van der Waals surface area contributed by atoms with Crippen molar-refractivity contribution in [1.29, 1.82) is 0 Å². The molecule has 1 amide bonds. The zero-order valence-electron chi connectivity index (χ0n) is 17.2. The second kappa shape index (κ2) is 8.76. The number of amides is 1. The molecule has 10 nitrogen and oxygen atoms in total. The maximum absolute atomic E-state index is 12.6. The normalized spacial score (nSPS) is 14.1. The lowest BCUT2D eigenvalue weighted by Gasteiger charge is -2.35. The van der Waals surface area contributed by atoms with Crippen molar-refractivity contribution in [3.8, 4) is 0 Å². The van der Waals surface area contributed by atoms with E-state index in [-0.39, 0.29) is 5.91 Å². The maximum atomic E-state index is 12.6. The van der Waals surface area contributed by atoms with Gasteiger partial charge >= 0.3 is 0 Å². The lowest BCUT2D eigenvalue weighted by atomic mass is 10.2. The fraction of sp³-hybridized carbons (Fsp3) is 0.333. The van der Waals surface area contributed by atoms with Gasteiger partial charge in [0.1, 0.15) is 34.6 Å². The Bertz CT molecular complexity index is 1300. The molecule has 4 heterocycles. The van der Waals surface area contributed by atoms with Gasteiger partial charge in [-0.15, -0.1) is 16.4 Å². The van der Waals surface area contributed by atoms with E-state index in [9.17, 15) is 4.79 Å². The summed E-state index contributed by atoms with van der Waals surface area (Å²) in [6.07, 6.45) is 2.56. The Morgan fingerprint density at radius 1 is 1.19 bits per heavy atom. The van der Waals surface area contributed by atoms with Gasteiger partial charge < -0.3 is 14.6 Å². The van der Waals surface area contributed by atoms with Crippen LogP contribution in [0.15, 0.2) is 36.7 Å². The zero-order chi connectivity index (χ0) is 21.9. The van der Waals surface area contributed by atoms with Gasteiger partial charge in [0.2, 0.25) is 10.9 Å². The summed E-state index contributed by atoms with van der Waals surface area (Å²) in [4.78, 5) is 36.8. The summed E-state index contributed by atoms with van der Waals surface area (Å²) in [5, 5.41) is 9.55. The van der Waals surface area contributed by atoms with Crippen LogP contribution in [0.2, 0.25) is 0 Å². The average molecular weight is 449 g/mol. The van der Waals surface area contributed by atoms with Crippen molar-refractivity contribution in [2.75, 3.05) is 37.7 Å². The number of fused-ring (bicyclic) bond motifs is 2. The summed E-state index contributed by atoms with van der Waals surface area (Å²) in [5.74, 6) is 0.956. The first kappa shape index (κ1) is 20.1. The maximum Gasteiger partial charge on any atom is 0.243 e. The number of carbonyl (C=O) groups is 1. The largest absolute Gasteiger partial charge is 0.395 e. The number of anilines is 1. The summed E-state index contributed by atoms with van der Waals surface area (Å²) in [7, 11) is 0. The van der Waals surface area contributed by atoms with E-state index in [4.69, 9.17) is 11.4 Å². The van der Waals surface area contributed by atoms with Gasteiger partial charge in [0.25, 0.3) is 0 Å². The number of hydrogen-bond donors (Lipinski definition) is 0. The van der Waals surface area contributed by atoms with Crippen LogP contribution in [0.3, 0.4) is 0 Å². The fourth-order valence-corrected chi connectivity index (χ4v) is 4.56. The summed E-state index contributed by atoms with van der Waals surface area (Å²) < 4.78 is 0. The van der Waals surface area contributed by atoms with Crippen molar-refractivity contribution >= 4 is 49.3 Å². The molecule has 1 aromatic carbocycles. The molecule has 0 N–H and O–H groups in total. The fourth-order valence-electron chi connectivity index (χ4n) is 3.78. The predicted octanol–water partition coefficient (Wildman–Crippen LogP) is 2.54. The van der Waals surface area contributed by atoms with Gasteiger partial charge in [-0.25, -0.2) is 14.8 Å². The minimum absolute atomic E-state index is 0.121. The number of thiophene rings is 1. The van der Waals surface area contributed by atoms with Crippen LogP contribution in [0.5, 0.6) is 0 Å². The highest BCUT2D eigenvalue weighted by atomic mass is 32.1. The topological polar surface area (TPSA) is 93.6 Å². The molecule has 0 unspecified atom stereocenters. The number of aromatic nitrogens is 5. The summed E-state index contributed by atoms with van der Waals surface area (Å²) in [6, 6.07) is 9.42. The third-order valence-corrected chi connectivity index (χ3v) is 6.34. The Labute approximate surface area is 187 Å². The van der Waals surface area contributed by atoms with E-state index in [1.54, 1.807) is 0 Å². The van der Waals surface area contributed by atoms with E-state index in [2.05, 4.69) is 30.0 Å². The molecule has 1 aliphatic rings. The van der Waals surface area contributed by atoms with Gasteiger partial charge in [0.15, 0.2) is 0 Å². The molecule has 32 heavy (non-hydrogen) atoms. The van der Waals surface area contributed by atoms with Crippen molar-refractivity contribution < 1.29 is 9.63 Å². The minimum atomic E-state index is 0.121. The molecular formula is C21H20N8O2S. The molecule has 162 valence electrons. The van der Waals surface area contributed by atoms with Crippen LogP contribution in [-0.4, -0.2) is 68.7 Å². The van der Waals surface area contributed by atoms with Crippen LogP contribution in [0, 0.1) is 6.57 Å². The number of para-hydroxylation sites is 1. The highest BCUT2D eigenvalue weighted by molar-refractivity contribution is 7.22. The molecule has 1 fully saturated rings. The van der Waals surface area contributed by atoms with Gasteiger partial charge in [0, 0.05) is 38.0 Å². The first-order valence-corrected chi connectivity index (χ1v) is 11.1. The van der Waals surface area contributed by atoms with Crippen LogP contribution in [-0.2, 0) is 4.79 Å². The lowest BCUT2D eigenvalue weighted by Crippen LogP contribution is -2.49. The third kappa shape index (κ3) is 3.92. The Balaban J connectivity index is 1.12. The Morgan fingerprint density at radius 3 is 2.88 bits per heavy atom. The number of rotatable bonds is 6. The third-order valence-electron chi connectivity index (χ3n) is 5.41. The monoisotopic (exact) mass is 448 g/mol. The van der Waals surface area contributed by atoms with Crippen molar-refractivity contribution in [3.05, 3.63) is 48.1 Å². The molecule has 5 rings (SSSR count). The van der Waals surface area contributed by atoms with Gasteiger partial charge in [0.05, 0.1) is 6.57 Å². The van der Waals surface area contributed by atoms with E-state index in [1.807, 2.05) is 35.2 Å². The van der Waals surface area contributed by atoms with Gasteiger partial charge in [-0.1, -0.05) is 17.0 Å². The van der Waals surface area contributed by atoms with E-state index >= 15 is 0 Å². The highest BCUT2D eigenvalue weighted by Crippen LogP contribution is 2.35. The van der Waals surface area contributed by atoms with Gasteiger partial charge in [-0.05, 0) is 29.8 Å². The van der Waals surface area contributed by atoms with Crippen LogP contribution < -0.4 is 9.74 Å². The van der Waals surface area contributed by atoms with Crippen LogP contribution in [0.4, 0.5) is 10.8 Å². The predicted molar refractivity (Wildman–Crippen MR) is 121 cm³/mol. The molecule has 0 radical (unpaired) electrons. The molecule has 0 atom stereocenters. The van der Waals surface area contributed by atoms with Crippen molar-refractivity contribution in [2.45, 2.75) is 12.8 Å². The smallest absolute Gasteiger partial charge is 0.243 e. The molecule has 11 heteroatoms. The second-order valence-electron chi connectivity index (χ2n) is 7.37. The molecule has 4 aromatic rings. The molecule has 3 aromatic heterocycles. The average Bonchev–Trinajstić information content (AvgIpc) is 3.45. The number of nitrogens with zero attached hydrogens (tertiary/aromatic N) is 8. The summed E-state index contributed by atoms with van der Waals surface area (Å²) in [6.45, 7) is 10.3. The number of carbonyl (C=O) groups excluding carboxylic acids is 1. The quantitative estimate of drug-likeness (QED) is 0.331. The van der Waals surface area contributed by atoms with Crippen LogP contribution in [0.1, 0.15) is 12.8 Å². The SMILES string of the molecule is [C-]#[N+]c1cc2c(N3CCN(C(=O)CCCOn4nnc5ccccc54)CC3)ncnc2s1. The van der Waals surface area contributed by atoms with Gasteiger partial charge in [-0.3, -0.25) is 4.79 Å². The number of benzene rings is 1. The highest BCUT2D eigenvalue weighted by Gasteiger charge is 2.23. The standard InChI is InChI=1S/C21H20N8O2S/c1-22-18-13-15-20(23-14-24-21(15)32-18)28-10-8-27(9-11-28)19(30)7-4-12-31-29-17-6-3-2-5-16(17)25-26-29/h2-3,5-6,13-14H,4,7-12H2. The number of piperazine rings is 1. The van der Waals surface area contributed by atoms with Crippen LogP contribution >= 0.6 is 11.3 Å². The second-order valence-corrected chi connectivity index (χ2v) is 8.38. The lowest BCUT2D eigenvalue weighted by molar-refractivity contribution is -0.131. The minimum Gasteiger partial charge on any atom is -0.395 e. The molecular weight excluding hydrogens is 428 g/mol. The molecule has 1 saturated heterocycles. The van der Waals surface area contributed by atoms with Crippen molar-refractivity contribution in [1.82, 2.24) is 30.0 Å². The first-order chi connectivity index (χ1) is 15.7. The Hall–Kier alpha value is -3.78. The van der Waals surface area contributed by atoms with Crippen molar-refractivity contribution in [2.24, 2.45) is 0 Å². The van der Waals surface area contributed by atoms with E-state index < -0.39 is 0 Å². The molecule has 0 spiro atoms. The Kier molecular flexibility index (Phi) is 5.51. The number of hydrogen-bond acceptors (Lipinski definition) is 8. The van der Waals surface area contributed by atoms with E-state index in [0.29, 0.717) is 50.6 Å².